The number of anilines is 1. The van der Waals surface area contributed by atoms with Crippen LogP contribution >= 0.6 is 0 Å². The summed E-state index contributed by atoms with van der Waals surface area (Å²) in [5.41, 5.74) is 0.697. The summed E-state index contributed by atoms with van der Waals surface area (Å²) in [6.45, 7) is 0. The summed E-state index contributed by atoms with van der Waals surface area (Å²) < 4.78 is 0. The number of fused-ring (bicyclic) bond motifs is 6. The van der Waals surface area contributed by atoms with Gasteiger partial charge in [0.05, 0.1) is 5.69 Å². The maximum absolute atomic E-state index is 12.8. The van der Waals surface area contributed by atoms with Crippen LogP contribution in [0, 0.1) is 5.92 Å². The lowest BCUT2D eigenvalue weighted by Gasteiger charge is -2.25. The van der Waals surface area contributed by atoms with Crippen molar-refractivity contribution in [2.45, 2.75) is 31.3 Å². The molecule has 2 unspecified atom stereocenters. The van der Waals surface area contributed by atoms with Crippen molar-refractivity contribution >= 4 is 28.4 Å². The number of piperidine rings is 1. The highest BCUT2D eigenvalue weighted by Gasteiger charge is 2.59. The zero-order valence-electron chi connectivity index (χ0n) is 12.1. The van der Waals surface area contributed by atoms with Crippen molar-refractivity contribution in [2.75, 3.05) is 4.90 Å². The van der Waals surface area contributed by atoms with Crippen LogP contribution in [0.4, 0.5) is 10.5 Å². The largest absolute Gasteiger partial charge is 0.332 e. The lowest BCUT2D eigenvalue weighted by Crippen LogP contribution is -2.40. The van der Waals surface area contributed by atoms with Crippen molar-refractivity contribution < 1.29 is 9.59 Å². The molecule has 1 saturated carbocycles. The first-order valence-corrected chi connectivity index (χ1v) is 7.89. The van der Waals surface area contributed by atoms with Crippen molar-refractivity contribution in [1.29, 1.82) is 0 Å². The van der Waals surface area contributed by atoms with Crippen LogP contribution in [-0.4, -0.2) is 28.9 Å². The minimum Gasteiger partial charge on any atom is -0.309 e. The fourth-order valence-electron chi connectivity index (χ4n) is 4.48. The van der Waals surface area contributed by atoms with Crippen LogP contribution in [0.5, 0.6) is 0 Å². The summed E-state index contributed by atoms with van der Waals surface area (Å²) in [7, 11) is 0. The van der Waals surface area contributed by atoms with Gasteiger partial charge in [-0.15, -0.1) is 0 Å². The van der Waals surface area contributed by atoms with Gasteiger partial charge >= 0.3 is 6.03 Å². The number of hydrogen-bond donors (Lipinski definition) is 0. The van der Waals surface area contributed by atoms with E-state index in [2.05, 4.69) is 0 Å². The third-order valence-electron chi connectivity index (χ3n) is 5.46. The second-order valence-corrected chi connectivity index (χ2v) is 6.57. The molecule has 0 radical (unpaired) electrons. The highest BCUT2D eigenvalue weighted by molar-refractivity contribution is 6.22. The maximum Gasteiger partial charge on any atom is 0.332 e. The summed E-state index contributed by atoms with van der Waals surface area (Å²) in [6.07, 6.45) is 3.13. The van der Waals surface area contributed by atoms with Crippen molar-refractivity contribution in [3.8, 4) is 0 Å². The monoisotopic (exact) mass is 292 g/mol. The van der Waals surface area contributed by atoms with Gasteiger partial charge in [-0.1, -0.05) is 30.3 Å². The molecule has 3 fully saturated rings. The Hall–Kier alpha value is -2.36. The number of carbonyl (C=O) groups is 2. The standard InChI is InChI=1S/C18H16N2O2/c21-17-16-13-6-8-14(10-13)19(16)18(22)20(17)15-7-5-11-3-1-2-4-12(11)9-15/h1-5,7,9,13-14,16H,6,8,10H2/t13?,14?,16-/m1/s1. The Bertz CT molecular complexity index is 788. The van der Waals surface area contributed by atoms with Gasteiger partial charge in [-0.2, -0.15) is 0 Å². The van der Waals surface area contributed by atoms with E-state index in [4.69, 9.17) is 0 Å². The molecule has 0 N–H and O–H groups in total. The van der Waals surface area contributed by atoms with Gasteiger partial charge in [0.15, 0.2) is 0 Å². The van der Waals surface area contributed by atoms with Crippen molar-refractivity contribution in [3.05, 3.63) is 42.5 Å². The topological polar surface area (TPSA) is 40.6 Å². The molecule has 110 valence electrons. The van der Waals surface area contributed by atoms with Crippen LogP contribution in [0.2, 0.25) is 0 Å². The van der Waals surface area contributed by atoms with Crippen molar-refractivity contribution in [2.24, 2.45) is 5.92 Å². The molecule has 0 aromatic heterocycles. The zero-order chi connectivity index (χ0) is 14.8. The molecule has 3 aliphatic rings. The molecule has 4 heteroatoms. The molecule has 4 nitrogen and oxygen atoms in total. The highest BCUT2D eigenvalue weighted by atomic mass is 16.2. The third kappa shape index (κ3) is 1.42. The van der Waals surface area contributed by atoms with Gasteiger partial charge in [0, 0.05) is 6.04 Å². The van der Waals surface area contributed by atoms with E-state index in [1.165, 1.54) is 4.90 Å². The van der Waals surface area contributed by atoms with Crippen molar-refractivity contribution in [3.63, 3.8) is 0 Å². The molecule has 3 amide bonds. The van der Waals surface area contributed by atoms with E-state index in [-0.39, 0.29) is 24.0 Å². The number of imide groups is 1. The Morgan fingerprint density at radius 3 is 2.59 bits per heavy atom. The van der Waals surface area contributed by atoms with Crippen molar-refractivity contribution in [1.82, 2.24) is 4.90 Å². The van der Waals surface area contributed by atoms with E-state index in [0.717, 1.165) is 30.0 Å². The summed E-state index contributed by atoms with van der Waals surface area (Å²) in [5.74, 6) is 0.333. The maximum atomic E-state index is 12.8. The molecule has 2 aromatic carbocycles. The van der Waals surface area contributed by atoms with Crippen LogP contribution in [0.1, 0.15) is 19.3 Å². The second-order valence-electron chi connectivity index (χ2n) is 6.57. The van der Waals surface area contributed by atoms with E-state index in [1.54, 1.807) is 0 Å². The van der Waals surface area contributed by atoms with Gasteiger partial charge in [-0.25, -0.2) is 9.69 Å². The predicted molar refractivity (Wildman–Crippen MR) is 83.6 cm³/mol. The van der Waals surface area contributed by atoms with E-state index >= 15 is 0 Å². The molecule has 2 saturated heterocycles. The second kappa shape index (κ2) is 4.09. The van der Waals surface area contributed by atoms with E-state index in [1.807, 2.05) is 47.4 Å². The van der Waals surface area contributed by atoms with Gasteiger partial charge in [0.25, 0.3) is 5.91 Å². The lowest BCUT2D eigenvalue weighted by molar-refractivity contribution is -0.120. The predicted octanol–water partition coefficient (Wildman–Crippen LogP) is 3.16. The van der Waals surface area contributed by atoms with E-state index < -0.39 is 0 Å². The molecular formula is C18H16N2O2. The molecule has 22 heavy (non-hydrogen) atoms. The molecule has 2 heterocycles. The van der Waals surface area contributed by atoms with Crippen LogP contribution in [0.15, 0.2) is 42.5 Å². The van der Waals surface area contributed by atoms with E-state index in [9.17, 15) is 9.59 Å². The Morgan fingerprint density at radius 2 is 1.77 bits per heavy atom. The van der Waals surface area contributed by atoms with Gasteiger partial charge in [0.2, 0.25) is 0 Å². The molecule has 3 atom stereocenters. The Kier molecular flexibility index (Phi) is 2.27. The number of nitrogens with zero attached hydrogens (tertiary/aromatic N) is 2. The summed E-state index contributed by atoms with van der Waals surface area (Å²) in [5, 5.41) is 2.17. The zero-order valence-corrected chi connectivity index (χ0v) is 12.1. The number of benzene rings is 2. The first kappa shape index (κ1) is 12.2. The molecule has 0 spiro atoms. The van der Waals surface area contributed by atoms with Crippen LogP contribution in [0.25, 0.3) is 10.8 Å². The molecule has 2 bridgehead atoms. The minimum atomic E-state index is -0.210. The minimum absolute atomic E-state index is 0.0347. The number of carbonyl (C=O) groups excluding carboxylic acids is 2. The number of rotatable bonds is 1. The number of hydrogen-bond acceptors (Lipinski definition) is 2. The Labute approximate surface area is 128 Å². The molecule has 2 aliphatic heterocycles. The fraction of sp³-hybridized carbons (Fsp3) is 0.333. The van der Waals surface area contributed by atoms with Crippen LogP contribution in [0.3, 0.4) is 0 Å². The summed E-state index contributed by atoms with van der Waals surface area (Å²) in [6, 6.07) is 13.7. The molecule has 2 aromatic rings. The molecular weight excluding hydrogens is 276 g/mol. The van der Waals surface area contributed by atoms with E-state index in [0.29, 0.717) is 11.6 Å². The average Bonchev–Trinajstić information content (AvgIpc) is 3.21. The Balaban J connectivity index is 1.59. The highest BCUT2D eigenvalue weighted by Crippen LogP contribution is 2.47. The molecule has 1 aliphatic carbocycles. The summed E-state index contributed by atoms with van der Waals surface area (Å²) >= 11 is 0. The van der Waals surface area contributed by atoms with Crippen LogP contribution in [-0.2, 0) is 4.79 Å². The number of amides is 3. The lowest BCUT2D eigenvalue weighted by atomic mass is 9.99. The third-order valence-corrected chi connectivity index (χ3v) is 5.46. The summed E-state index contributed by atoms with van der Waals surface area (Å²) in [4.78, 5) is 28.8. The van der Waals surface area contributed by atoms with Gasteiger partial charge in [-0.3, -0.25) is 4.79 Å². The number of urea groups is 1. The smallest absolute Gasteiger partial charge is 0.309 e. The quantitative estimate of drug-likeness (QED) is 0.758. The normalized spacial score (nSPS) is 29.7. The SMILES string of the molecule is O=C1[C@H]2C3CCC(C3)N2C(=O)N1c1ccc2ccccc2c1. The first-order valence-electron chi connectivity index (χ1n) is 7.89. The average molecular weight is 292 g/mol. The fourth-order valence-corrected chi connectivity index (χ4v) is 4.48. The first-order chi connectivity index (χ1) is 10.7. The Morgan fingerprint density at radius 1 is 0.955 bits per heavy atom. The molecule has 5 rings (SSSR count). The van der Waals surface area contributed by atoms with Gasteiger partial charge in [0.1, 0.15) is 6.04 Å². The van der Waals surface area contributed by atoms with Crippen LogP contribution < -0.4 is 4.90 Å². The van der Waals surface area contributed by atoms with Gasteiger partial charge < -0.3 is 4.90 Å². The van der Waals surface area contributed by atoms with Gasteiger partial charge in [-0.05, 0) is 48.1 Å².